The smallest absolute Gasteiger partial charge is 0.0185 e. The number of nitrogens with zero attached hydrogens (tertiary/aromatic N) is 1. The number of likely N-dealkylation sites (tertiary alicyclic amines) is 1. The summed E-state index contributed by atoms with van der Waals surface area (Å²) in [4.78, 5) is 2.59. The molecule has 1 saturated heterocycles. The predicted octanol–water partition coefficient (Wildman–Crippen LogP) is 2.59. The molecule has 2 nitrogen and oxygen atoms in total. The third kappa shape index (κ3) is 4.01. The lowest BCUT2D eigenvalue weighted by Crippen LogP contribution is -2.30. The molecule has 1 aliphatic rings. The molecule has 3 heteroatoms. The van der Waals surface area contributed by atoms with Crippen molar-refractivity contribution in [3.05, 3.63) is 35.9 Å². The fourth-order valence-electron chi connectivity index (χ4n) is 2.65. The van der Waals surface area contributed by atoms with Gasteiger partial charge in [-0.05, 0) is 31.4 Å². The van der Waals surface area contributed by atoms with Crippen molar-refractivity contribution in [1.82, 2.24) is 4.90 Å². The summed E-state index contributed by atoms with van der Waals surface area (Å²) in [5.74, 6) is 3.07. The molecular weight excluding hydrogens is 240 g/mol. The van der Waals surface area contributed by atoms with Gasteiger partial charge < -0.3 is 5.73 Å². The van der Waals surface area contributed by atoms with Gasteiger partial charge in [-0.25, -0.2) is 0 Å². The van der Waals surface area contributed by atoms with E-state index in [9.17, 15) is 0 Å². The maximum Gasteiger partial charge on any atom is 0.0185 e. The van der Waals surface area contributed by atoms with Crippen LogP contribution in [0.4, 0.5) is 0 Å². The number of nitrogens with two attached hydrogens (primary N) is 1. The molecule has 1 aromatic carbocycles. The second kappa shape index (κ2) is 7.17. The van der Waals surface area contributed by atoms with Crippen LogP contribution in [0, 0.1) is 5.92 Å². The summed E-state index contributed by atoms with van der Waals surface area (Å²) in [5.41, 5.74) is 7.18. The second-order valence-corrected chi connectivity index (χ2v) is 6.32. The van der Waals surface area contributed by atoms with E-state index in [4.69, 9.17) is 5.73 Å². The Labute approximate surface area is 115 Å². The van der Waals surface area contributed by atoms with E-state index < -0.39 is 0 Å². The molecule has 1 aliphatic heterocycles. The molecule has 2 atom stereocenters. The Morgan fingerprint density at radius 2 is 2.11 bits per heavy atom. The molecule has 0 aliphatic carbocycles. The largest absolute Gasteiger partial charge is 0.330 e. The first-order valence-electron chi connectivity index (χ1n) is 6.85. The highest BCUT2D eigenvalue weighted by Gasteiger charge is 2.27. The molecule has 0 amide bonds. The molecule has 2 unspecified atom stereocenters. The molecule has 2 N–H and O–H groups in total. The highest BCUT2D eigenvalue weighted by molar-refractivity contribution is 7.98. The fraction of sp³-hybridized carbons (Fsp3) is 0.600. The van der Waals surface area contributed by atoms with Crippen LogP contribution in [0.2, 0.25) is 0 Å². The number of rotatable bonds is 6. The standard InChI is InChI=1S/C15H24N2S/c1-13-9-15(10-16)11-17(13)7-8-18-12-14-5-3-2-4-6-14/h2-6,13,15H,7-12,16H2,1H3. The van der Waals surface area contributed by atoms with Crippen LogP contribution in [-0.4, -0.2) is 36.3 Å². The van der Waals surface area contributed by atoms with Crippen LogP contribution in [-0.2, 0) is 5.75 Å². The van der Waals surface area contributed by atoms with Crippen LogP contribution in [0.5, 0.6) is 0 Å². The van der Waals surface area contributed by atoms with E-state index in [1.807, 2.05) is 11.8 Å². The average Bonchev–Trinajstić information content (AvgIpc) is 2.77. The van der Waals surface area contributed by atoms with Gasteiger partial charge in [0.25, 0.3) is 0 Å². The number of hydrogen-bond donors (Lipinski definition) is 1. The quantitative estimate of drug-likeness (QED) is 0.801. The van der Waals surface area contributed by atoms with E-state index in [-0.39, 0.29) is 0 Å². The van der Waals surface area contributed by atoms with E-state index in [0.717, 1.165) is 24.3 Å². The minimum Gasteiger partial charge on any atom is -0.330 e. The van der Waals surface area contributed by atoms with Crippen LogP contribution >= 0.6 is 11.8 Å². The molecule has 0 radical (unpaired) electrons. The molecule has 1 fully saturated rings. The van der Waals surface area contributed by atoms with Gasteiger partial charge in [0.05, 0.1) is 0 Å². The van der Waals surface area contributed by atoms with E-state index in [0.29, 0.717) is 0 Å². The Morgan fingerprint density at radius 3 is 2.78 bits per heavy atom. The monoisotopic (exact) mass is 264 g/mol. The van der Waals surface area contributed by atoms with Crippen LogP contribution < -0.4 is 5.73 Å². The third-order valence-corrected chi connectivity index (χ3v) is 4.77. The summed E-state index contributed by atoms with van der Waals surface area (Å²) in [6, 6.07) is 11.4. The maximum atomic E-state index is 5.76. The van der Waals surface area contributed by atoms with Crippen LogP contribution in [0.3, 0.4) is 0 Å². The summed E-state index contributed by atoms with van der Waals surface area (Å²) in [6.07, 6.45) is 1.28. The minimum absolute atomic E-state index is 0.718. The first kappa shape index (κ1) is 13.9. The summed E-state index contributed by atoms with van der Waals surface area (Å²) >= 11 is 2.03. The highest BCUT2D eigenvalue weighted by atomic mass is 32.2. The zero-order valence-corrected chi connectivity index (χ0v) is 12.0. The van der Waals surface area contributed by atoms with Crippen molar-refractivity contribution >= 4 is 11.8 Å². The Bertz CT molecular complexity index is 342. The lowest BCUT2D eigenvalue weighted by atomic mass is 10.1. The van der Waals surface area contributed by atoms with E-state index in [1.165, 1.54) is 30.8 Å². The van der Waals surface area contributed by atoms with Gasteiger partial charge in [-0.15, -0.1) is 0 Å². The zero-order chi connectivity index (χ0) is 12.8. The molecule has 1 heterocycles. The summed E-state index contributed by atoms with van der Waals surface area (Å²) in [6.45, 7) is 5.58. The van der Waals surface area contributed by atoms with E-state index in [1.54, 1.807) is 0 Å². The molecule has 0 spiro atoms. The molecular formula is C15H24N2S. The van der Waals surface area contributed by atoms with Crippen molar-refractivity contribution in [2.45, 2.75) is 25.1 Å². The molecule has 2 rings (SSSR count). The molecule has 0 bridgehead atoms. The van der Waals surface area contributed by atoms with Gasteiger partial charge in [0.2, 0.25) is 0 Å². The number of benzene rings is 1. The molecule has 1 aromatic rings. The van der Waals surface area contributed by atoms with Gasteiger partial charge in [-0.1, -0.05) is 30.3 Å². The maximum absolute atomic E-state index is 5.76. The fourth-order valence-corrected chi connectivity index (χ4v) is 3.58. The Morgan fingerprint density at radius 1 is 1.33 bits per heavy atom. The van der Waals surface area contributed by atoms with Gasteiger partial charge in [0, 0.05) is 30.6 Å². The van der Waals surface area contributed by atoms with Gasteiger partial charge in [0.1, 0.15) is 0 Å². The highest BCUT2D eigenvalue weighted by Crippen LogP contribution is 2.22. The summed E-state index contributed by atoms with van der Waals surface area (Å²) < 4.78 is 0. The SMILES string of the molecule is CC1CC(CN)CN1CCSCc1ccccc1. The lowest BCUT2D eigenvalue weighted by Gasteiger charge is -2.20. The van der Waals surface area contributed by atoms with E-state index in [2.05, 4.69) is 42.2 Å². The van der Waals surface area contributed by atoms with Crippen molar-refractivity contribution < 1.29 is 0 Å². The van der Waals surface area contributed by atoms with Crippen LogP contribution in [0.1, 0.15) is 18.9 Å². The molecule has 18 heavy (non-hydrogen) atoms. The number of thioether (sulfide) groups is 1. The molecule has 0 aromatic heterocycles. The van der Waals surface area contributed by atoms with Gasteiger partial charge in [-0.3, -0.25) is 4.90 Å². The number of hydrogen-bond acceptors (Lipinski definition) is 3. The van der Waals surface area contributed by atoms with Crippen LogP contribution in [0.15, 0.2) is 30.3 Å². The molecule has 0 saturated carbocycles. The van der Waals surface area contributed by atoms with Gasteiger partial charge in [0.15, 0.2) is 0 Å². The Kier molecular flexibility index (Phi) is 5.54. The Balaban J connectivity index is 1.64. The van der Waals surface area contributed by atoms with Gasteiger partial charge >= 0.3 is 0 Å². The third-order valence-electron chi connectivity index (χ3n) is 3.76. The van der Waals surface area contributed by atoms with E-state index >= 15 is 0 Å². The van der Waals surface area contributed by atoms with Crippen molar-refractivity contribution in [3.8, 4) is 0 Å². The van der Waals surface area contributed by atoms with Crippen molar-refractivity contribution in [2.24, 2.45) is 11.7 Å². The summed E-state index contributed by atoms with van der Waals surface area (Å²) in [5, 5.41) is 0. The predicted molar refractivity (Wildman–Crippen MR) is 80.8 cm³/mol. The lowest BCUT2D eigenvalue weighted by molar-refractivity contribution is 0.281. The van der Waals surface area contributed by atoms with Gasteiger partial charge in [-0.2, -0.15) is 11.8 Å². The normalized spacial score (nSPS) is 24.6. The molecule has 100 valence electrons. The van der Waals surface area contributed by atoms with Crippen molar-refractivity contribution in [3.63, 3.8) is 0 Å². The summed E-state index contributed by atoms with van der Waals surface area (Å²) in [7, 11) is 0. The van der Waals surface area contributed by atoms with Crippen LogP contribution in [0.25, 0.3) is 0 Å². The average molecular weight is 264 g/mol. The first-order chi connectivity index (χ1) is 8.79. The topological polar surface area (TPSA) is 29.3 Å². The second-order valence-electron chi connectivity index (χ2n) is 5.22. The van der Waals surface area contributed by atoms with Crippen molar-refractivity contribution in [2.75, 3.05) is 25.4 Å². The zero-order valence-electron chi connectivity index (χ0n) is 11.2. The van der Waals surface area contributed by atoms with Crippen molar-refractivity contribution in [1.29, 1.82) is 0 Å². The Hall–Kier alpha value is -0.510. The minimum atomic E-state index is 0.718. The first-order valence-corrected chi connectivity index (χ1v) is 8.01.